The molecular weight excluding hydrogens is 300 g/mol. The van der Waals surface area contributed by atoms with E-state index in [1.165, 1.54) is 38.5 Å². The molecule has 1 N–H and O–H groups in total. The van der Waals surface area contributed by atoms with Gasteiger partial charge in [0.05, 0.1) is 18.1 Å². The SMILES string of the molecule is COc1ccc2nc(CCCCCC3CCCC3C)c(=O)[nH]c2c1. The van der Waals surface area contributed by atoms with Crippen molar-refractivity contribution >= 4 is 11.0 Å². The van der Waals surface area contributed by atoms with Crippen LogP contribution in [0.25, 0.3) is 11.0 Å². The van der Waals surface area contributed by atoms with Crippen LogP contribution in [-0.4, -0.2) is 17.1 Å². The van der Waals surface area contributed by atoms with Crippen molar-refractivity contribution in [3.8, 4) is 5.75 Å². The lowest BCUT2D eigenvalue weighted by atomic mass is 9.92. The van der Waals surface area contributed by atoms with Gasteiger partial charge < -0.3 is 9.72 Å². The molecule has 1 aromatic carbocycles. The molecule has 130 valence electrons. The van der Waals surface area contributed by atoms with Gasteiger partial charge in [0.15, 0.2) is 0 Å². The van der Waals surface area contributed by atoms with E-state index in [9.17, 15) is 4.79 Å². The molecule has 1 aliphatic rings. The zero-order valence-electron chi connectivity index (χ0n) is 14.8. The van der Waals surface area contributed by atoms with E-state index in [4.69, 9.17) is 4.74 Å². The topological polar surface area (TPSA) is 55.0 Å². The van der Waals surface area contributed by atoms with Crippen LogP contribution in [0.5, 0.6) is 5.75 Å². The maximum Gasteiger partial charge on any atom is 0.270 e. The first-order valence-electron chi connectivity index (χ1n) is 9.24. The number of aromatic nitrogens is 2. The summed E-state index contributed by atoms with van der Waals surface area (Å²) in [5.41, 5.74) is 2.14. The Hall–Kier alpha value is -1.84. The molecule has 4 nitrogen and oxygen atoms in total. The largest absolute Gasteiger partial charge is 0.497 e. The molecule has 4 heteroatoms. The zero-order valence-corrected chi connectivity index (χ0v) is 14.8. The van der Waals surface area contributed by atoms with Crippen LogP contribution in [0.3, 0.4) is 0 Å². The standard InChI is InChI=1S/C20H28N2O2/c1-14-7-6-9-15(14)8-4-3-5-10-18-20(23)22-19-13-16(24-2)11-12-17(19)21-18/h11-15H,3-10H2,1-2H3,(H,22,23). The summed E-state index contributed by atoms with van der Waals surface area (Å²) in [5.74, 6) is 2.57. The minimum absolute atomic E-state index is 0.0693. The Morgan fingerprint density at radius 1 is 1.25 bits per heavy atom. The molecule has 1 aromatic heterocycles. The van der Waals surface area contributed by atoms with E-state index in [0.29, 0.717) is 5.69 Å². The monoisotopic (exact) mass is 328 g/mol. The fourth-order valence-electron chi connectivity index (χ4n) is 3.93. The van der Waals surface area contributed by atoms with E-state index in [1.807, 2.05) is 18.2 Å². The van der Waals surface area contributed by atoms with Crippen molar-refractivity contribution in [3.05, 3.63) is 34.2 Å². The molecular formula is C20H28N2O2. The van der Waals surface area contributed by atoms with Crippen molar-refractivity contribution in [1.82, 2.24) is 9.97 Å². The third-order valence-electron chi connectivity index (χ3n) is 5.50. The molecule has 0 amide bonds. The number of nitrogens with zero attached hydrogens (tertiary/aromatic N) is 1. The van der Waals surface area contributed by atoms with Crippen LogP contribution in [-0.2, 0) is 6.42 Å². The summed E-state index contributed by atoms with van der Waals surface area (Å²) in [6.45, 7) is 2.39. The first-order chi connectivity index (χ1) is 11.7. The third-order valence-corrected chi connectivity index (χ3v) is 5.50. The second-order valence-corrected chi connectivity index (χ2v) is 7.16. The summed E-state index contributed by atoms with van der Waals surface area (Å²) >= 11 is 0. The molecule has 1 fully saturated rings. The van der Waals surface area contributed by atoms with Crippen molar-refractivity contribution in [2.75, 3.05) is 7.11 Å². The van der Waals surface area contributed by atoms with E-state index in [0.717, 1.165) is 41.5 Å². The van der Waals surface area contributed by atoms with Crippen LogP contribution in [0.2, 0.25) is 0 Å². The predicted molar refractivity (Wildman–Crippen MR) is 97.6 cm³/mol. The van der Waals surface area contributed by atoms with Gasteiger partial charge in [-0.1, -0.05) is 45.4 Å². The highest BCUT2D eigenvalue weighted by molar-refractivity contribution is 5.75. The van der Waals surface area contributed by atoms with Gasteiger partial charge in [-0.3, -0.25) is 4.79 Å². The number of unbranched alkanes of at least 4 members (excludes halogenated alkanes) is 2. The number of H-pyrrole nitrogens is 1. The molecule has 2 atom stereocenters. The maximum atomic E-state index is 12.2. The smallest absolute Gasteiger partial charge is 0.270 e. The molecule has 1 heterocycles. The number of aryl methyl sites for hydroxylation is 1. The first-order valence-corrected chi connectivity index (χ1v) is 9.24. The van der Waals surface area contributed by atoms with Crippen LogP contribution >= 0.6 is 0 Å². The Morgan fingerprint density at radius 3 is 2.88 bits per heavy atom. The van der Waals surface area contributed by atoms with Crippen molar-refractivity contribution in [3.63, 3.8) is 0 Å². The van der Waals surface area contributed by atoms with Crippen LogP contribution in [0.4, 0.5) is 0 Å². The number of hydrogen-bond acceptors (Lipinski definition) is 3. The van der Waals surface area contributed by atoms with Gasteiger partial charge in [0.25, 0.3) is 5.56 Å². The summed E-state index contributed by atoms with van der Waals surface area (Å²) in [5, 5.41) is 0. The van der Waals surface area contributed by atoms with Crippen LogP contribution in [0, 0.1) is 11.8 Å². The highest BCUT2D eigenvalue weighted by atomic mass is 16.5. The van der Waals surface area contributed by atoms with Crippen molar-refractivity contribution in [2.45, 2.75) is 58.3 Å². The Kier molecular flexibility index (Phi) is 5.54. The molecule has 3 rings (SSSR count). The fourth-order valence-corrected chi connectivity index (χ4v) is 3.93. The number of nitrogens with one attached hydrogen (secondary N) is 1. The first kappa shape index (κ1) is 17.0. The Balaban J connectivity index is 1.53. The molecule has 0 spiro atoms. The molecule has 1 saturated carbocycles. The fraction of sp³-hybridized carbons (Fsp3) is 0.600. The number of methoxy groups -OCH3 is 1. The molecule has 0 saturated heterocycles. The molecule has 2 aromatic rings. The van der Waals surface area contributed by atoms with Crippen molar-refractivity contribution in [2.24, 2.45) is 11.8 Å². The number of hydrogen-bond donors (Lipinski definition) is 1. The van der Waals surface area contributed by atoms with Crippen molar-refractivity contribution in [1.29, 1.82) is 0 Å². The highest BCUT2D eigenvalue weighted by Crippen LogP contribution is 2.34. The Bertz CT molecular complexity index is 738. The normalized spacial score (nSPS) is 20.6. The minimum Gasteiger partial charge on any atom is -0.497 e. The number of fused-ring (bicyclic) bond motifs is 1. The number of benzene rings is 1. The molecule has 0 bridgehead atoms. The molecule has 0 aliphatic heterocycles. The Morgan fingerprint density at radius 2 is 2.12 bits per heavy atom. The highest BCUT2D eigenvalue weighted by Gasteiger charge is 2.22. The third kappa shape index (κ3) is 3.97. The number of ether oxygens (including phenoxy) is 1. The lowest BCUT2D eigenvalue weighted by Crippen LogP contribution is -2.15. The van der Waals surface area contributed by atoms with Gasteiger partial charge in [-0.05, 0) is 36.8 Å². The average Bonchev–Trinajstić information content (AvgIpc) is 2.99. The van der Waals surface area contributed by atoms with Gasteiger partial charge in [-0.2, -0.15) is 0 Å². The van der Waals surface area contributed by atoms with Gasteiger partial charge in [0.1, 0.15) is 11.4 Å². The van der Waals surface area contributed by atoms with E-state index in [-0.39, 0.29) is 5.56 Å². The second-order valence-electron chi connectivity index (χ2n) is 7.16. The van der Waals surface area contributed by atoms with E-state index >= 15 is 0 Å². The molecule has 2 unspecified atom stereocenters. The molecule has 24 heavy (non-hydrogen) atoms. The van der Waals surface area contributed by atoms with Gasteiger partial charge in [-0.25, -0.2) is 4.98 Å². The Labute approximate surface area is 143 Å². The maximum absolute atomic E-state index is 12.2. The second kappa shape index (κ2) is 7.82. The van der Waals surface area contributed by atoms with Gasteiger partial charge in [0, 0.05) is 6.07 Å². The van der Waals surface area contributed by atoms with E-state index < -0.39 is 0 Å². The van der Waals surface area contributed by atoms with E-state index in [1.54, 1.807) is 7.11 Å². The number of rotatable bonds is 7. The quantitative estimate of drug-likeness (QED) is 0.763. The summed E-state index contributed by atoms with van der Waals surface area (Å²) in [6.07, 6.45) is 9.84. The van der Waals surface area contributed by atoms with Crippen molar-refractivity contribution < 1.29 is 4.74 Å². The summed E-state index contributed by atoms with van der Waals surface area (Å²) in [6, 6.07) is 5.59. The van der Waals surface area contributed by atoms with Gasteiger partial charge in [-0.15, -0.1) is 0 Å². The average molecular weight is 328 g/mol. The molecule has 0 radical (unpaired) electrons. The van der Waals surface area contributed by atoms with Crippen LogP contribution in [0.1, 0.15) is 57.6 Å². The summed E-state index contributed by atoms with van der Waals surface area (Å²) < 4.78 is 5.18. The lowest BCUT2D eigenvalue weighted by molar-refractivity contribution is 0.375. The number of aromatic amines is 1. The zero-order chi connectivity index (χ0) is 16.9. The predicted octanol–water partition coefficient (Wildman–Crippen LogP) is 4.47. The van der Waals surface area contributed by atoms with Crippen LogP contribution in [0.15, 0.2) is 23.0 Å². The summed E-state index contributed by atoms with van der Waals surface area (Å²) in [7, 11) is 1.62. The lowest BCUT2D eigenvalue weighted by Gasteiger charge is -2.14. The molecule has 1 aliphatic carbocycles. The van der Waals surface area contributed by atoms with Gasteiger partial charge >= 0.3 is 0 Å². The summed E-state index contributed by atoms with van der Waals surface area (Å²) in [4.78, 5) is 19.7. The van der Waals surface area contributed by atoms with E-state index in [2.05, 4.69) is 16.9 Å². The van der Waals surface area contributed by atoms with Gasteiger partial charge in [0.2, 0.25) is 0 Å². The van der Waals surface area contributed by atoms with Crippen LogP contribution < -0.4 is 10.3 Å². The minimum atomic E-state index is -0.0693.